The lowest BCUT2D eigenvalue weighted by Gasteiger charge is -2.32. The molecular weight excluding hydrogens is 390 g/mol. The number of H-pyrrole nitrogens is 1. The molecule has 0 bridgehead atoms. The maximum atomic E-state index is 10.2. The van der Waals surface area contributed by atoms with E-state index in [9.17, 15) is 5.26 Å². The molecule has 156 valence electrons. The number of fused-ring (bicyclic) bond motifs is 1. The van der Waals surface area contributed by atoms with E-state index in [2.05, 4.69) is 83.5 Å². The Kier molecular flexibility index (Phi) is 5.44. The Labute approximate surface area is 188 Å². The first kappa shape index (κ1) is 20.0. The molecule has 3 aromatic carbocycles. The van der Waals surface area contributed by atoms with Crippen LogP contribution >= 0.6 is 0 Å². The molecule has 0 spiro atoms. The highest BCUT2D eigenvalue weighted by molar-refractivity contribution is 6.03. The normalized spacial score (nSPS) is 14.5. The van der Waals surface area contributed by atoms with Gasteiger partial charge in [-0.2, -0.15) is 10.4 Å². The predicted molar refractivity (Wildman–Crippen MR) is 131 cm³/mol. The van der Waals surface area contributed by atoms with E-state index in [-0.39, 0.29) is 0 Å². The molecule has 1 fully saturated rings. The monoisotopic (exact) mass is 415 g/mol. The molecule has 0 atom stereocenters. The highest BCUT2D eigenvalue weighted by Crippen LogP contribution is 2.46. The number of hydrogen-bond acceptors (Lipinski definition) is 2. The van der Waals surface area contributed by atoms with E-state index < -0.39 is 0 Å². The van der Waals surface area contributed by atoms with E-state index in [1.807, 2.05) is 12.1 Å². The molecule has 4 aromatic rings. The van der Waals surface area contributed by atoms with Crippen molar-refractivity contribution < 1.29 is 0 Å². The lowest BCUT2D eigenvalue weighted by Crippen LogP contribution is -2.15. The van der Waals surface area contributed by atoms with E-state index in [1.54, 1.807) is 6.20 Å². The SMILES string of the molecule is C=CCc1ccc(/C(=C(\c2ccccc2)C2CCC2)c2ccc3[nH]ncc3c2C#N)cc1. The lowest BCUT2D eigenvalue weighted by molar-refractivity contribution is 0.401. The van der Waals surface area contributed by atoms with Gasteiger partial charge in [0.25, 0.3) is 0 Å². The molecule has 0 unspecified atom stereocenters. The number of aromatic nitrogens is 2. The molecule has 1 aliphatic rings. The minimum absolute atomic E-state index is 0.492. The maximum absolute atomic E-state index is 10.2. The van der Waals surface area contributed by atoms with Crippen molar-refractivity contribution in [1.82, 2.24) is 10.2 Å². The second-order valence-electron chi connectivity index (χ2n) is 8.40. The van der Waals surface area contributed by atoms with Gasteiger partial charge in [0.2, 0.25) is 0 Å². The highest BCUT2D eigenvalue weighted by Gasteiger charge is 2.28. The van der Waals surface area contributed by atoms with Crippen LogP contribution in [0.4, 0.5) is 0 Å². The molecule has 5 rings (SSSR count). The quantitative estimate of drug-likeness (QED) is 0.274. The molecule has 0 amide bonds. The molecule has 0 aliphatic heterocycles. The van der Waals surface area contributed by atoms with Crippen molar-refractivity contribution in [1.29, 1.82) is 5.26 Å². The summed E-state index contributed by atoms with van der Waals surface area (Å²) in [5.74, 6) is 0.492. The van der Waals surface area contributed by atoms with Crippen molar-refractivity contribution >= 4 is 22.0 Å². The van der Waals surface area contributed by atoms with Gasteiger partial charge in [0.1, 0.15) is 6.07 Å². The molecule has 1 aromatic heterocycles. The van der Waals surface area contributed by atoms with Gasteiger partial charge in [-0.05, 0) is 59.1 Å². The van der Waals surface area contributed by atoms with Gasteiger partial charge in [0, 0.05) is 10.9 Å². The third kappa shape index (κ3) is 3.55. The van der Waals surface area contributed by atoms with E-state index in [0.717, 1.165) is 34.0 Å². The molecule has 32 heavy (non-hydrogen) atoms. The minimum Gasteiger partial charge on any atom is -0.278 e. The lowest BCUT2D eigenvalue weighted by atomic mass is 9.72. The van der Waals surface area contributed by atoms with Crippen LogP contribution < -0.4 is 0 Å². The van der Waals surface area contributed by atoms with Gasteiger partial charge in [-0.1, -0.05) is 73.2 Å². The Bertz CT molecular complexity index is 1330. The average Bonchev–Trinajstić information content (AvgIpc) is 3.28. The standard InChI is InChI=1S/C29H25N3/c1-2-7-20-12-14-23(15-13-20)29(24-16-17-27-26(19-31-32-27)25(24)18-30)28(22-10-6-11-22)21-8-4-3-5-9-21/h2-5,8-9,12-17,19,22H,1,6-7,10-11H2,(H,31,32)/b29-28-. The number of rotatable bonds is 6. The van der Waals surface area contributed by atoms with Crippen molar-refractivity contribution in [2.75, 3.05) is 0 Å². The number of nitriles is 1. The van der Waals surface area contributed by atoms with Gasteiger partial charge in [-0.15, -0.1) is 6.58 Å². The van der Waals surface area contributed by atoms with Crippen molar-refractivity contribution in [2.24, 2.45) is 5.92 Å². The second-order valence-corrected chi connectivity index (χ2v) is 8.40. The average molecular weight is 416 g/mol. The molecule has 0 saturated heterocycles. The number of benzene rings is 3. The molecular formula is C29H25N3. The Hall–Kier alpha value is -3.90. The van der Waals surface area contributed by atoms with Crippen LogP contribution in [-0.4, -0.2) is 10.2 Å². The summed E-state index contributed by atoms with van der Waals surface area (Å²) in [6.45, 7) is 3.86. The predicted octanol–water partition coefficient (Wildman–Crippen LogP) is 6.92. The van der Waals surface area contributed by atoms with Crippen LogP contribution in [0.25, 0.3) is 22.0 Å². The van der Waals surface area contributed by atoms with Gasteiger partial charge in [0.15, 0.2) is 0 Å². The first-order valence-corrected chi connectivity index (χ1v) is 11.2. The van der Waals surface area contributed by atoms with Crippen molar-refractivity contribution in [2.45, 2.75) is 25.7 Å². The third-order valence-electron chi connectivity index (χ3n) is 6.50. The zero-order chi connectivity index (χ0) is 21.9. The maximum Gasteiger partial charge on any atom is 0.101 e. The number of nitrogens with one attached hydrogen (secondary N) is 1. The summed E-state index contributed by atoms with van der Waals surface area (Å²) in [5.41, 5.74) is 8.65. The first-order chi connectivity index (χ1) is 15.8. The highest BCUT2D eigenvalue weighted by atomic mass is 15.1. The van der Waals surface area contributed by atoms with Gasteiger partial charge in [-0.25, -0.2) is 0 Å². The number of allylic oxidation sites excluding steroid dienone is 2. The summed E-state index contributed by atoms with van der Waals surface area (Å²) in [4.78, 5) is 0. The summed E-state index contributed by atoms with van der Waals surface area (Å²) in [7, 11) is 0. The van der Waals surface area contributed by atoms with Crippen LogP contribution in [-0.2, 0) is 6.42 Å². The van der Waals surface area contributed by atoms with Crippen LogP contribution in [0.2, 0.25) is 0 Å². The summed E-state index contributed by atoms with van der Waals surface area (Å²) >= 11 is 0. The minimum atomic E-state index is 0.492. The molecule has 1 heterocycles. The van der Waals surface area contributed by atoms with Gasteiger partial charge in [0.05, 0.1) is 17.3 Å². The Balaban J connectivity index is 1.83. The largest absolute Gasteiger partial charge is 0.278 e. The molecule has 0 radical (unpaired) electrons. The summed E-state index contributed by atoms with van der Waals surface area (Å²) in [5, 5.41) is 18.2. The smallest absolute Gasteiger partial charge is 0.101 e. The fourth-order valence-electron chi connectivity index (χ4n) is 4.68. The van der Waals surface area contributed by atoms with Gasteiger partial charge >= 0.3 is 0 Å². The summed E-state index contributed by atoms with van der Waals surface area (Å²) in [6, 6.07) is 26.0. The third-order valence-corrected chi connectivity index (χ3v) is 6.50. The van der Waals surface area contributed by atoms with E-state index >= 15 is 0 Å². The van der Waals surface area contributed by atoms with E-state index in [4.69, 9.17) is 0 Å². The Morgan fingerprint density at radius 3 is 2.47 bits per heavy atom. The number of nitrogens with zero attached hydrogens (tertiary/aromatic N) is 2. The fourth-order valence-corrected chi connectivity index (χ4v) is 4.68. The molecule has 1 saturated carbocycles. The van der Waals surface area contributed by atoms with E-state index in [1.165, 1.54) is 36.0 Å². The van der Waals surface area contributed by atoms with Gasteiger partial charge in [-0.3, -0.25) is 5.10 Å². The van der Waals surface area contributed by atoms with Crippen LogP contribution in [0.1, 0.15) is 47.1 Å². The van der Waals surface area contributed by atoms with Crippen molar-refractivity contribution in [3.63, 3.8) is 0 Å². The summed E-state index contributed by atoms with van der Waals surface area (Å²) in [6.07, 6.45) is 8.14. The zero-order valence-corrected chi connectivity index (χ0v) is 18.0. The van der Waals surface area contributed by atoms with Crippen LogP contribution in [0.5, 0.6) is 0 Å². The van der Waals surface area contributed by atoms with Gasteiger partial charge < -0.3 is 0 Å². The van der Waals surface area contributed by atoms with Crippen molar-refractivity contribution in [3.8, 4) is 6.07 Å². The fraction of sp³-hybridized carbons (Fsp3) is 0.172. The van der Waals surface area contributed by atoms with Crippen LogP contribution in [0.15, 0.2) is 85.6 Å². The summed E-state index contributed by atoms with van der Waals surface area (Å²) < 4.78 is 0. The second kappa shape index (κ2) is 8.69. The van der Waals surface area contributed by atoms with E-state index in [0.29, 0.717) is 11.5 Å². The topological polar surface area (TPSA) is 52.5 Å². The first-order valence-electron chi connectivity index (χ1n) is 11.2. The number of aromatic amines is 1. The molecule has 3 heteroatoms. The zero-order valence-electron chi connectivity index (χ0n) is 18.0. The van der Waals surface area contributed by atoms with Crippen LogP contribution in [0, 0.1) is 17.2 Å². The van der Waals surface area contributed by atoms with Crippen molar-refractivity contribution in [3.05, 3.63) is 113 Å². The molecule has 1 aliphatic carbocycles. The molecule has 3 nitrogen and oxygen atoms in total. The van der Waals surface area contributed by atoms with Crippen LogP contribution in [0.3, 0.4) is 0 Å². The Morgan fingerprint density at radius 1 is 1.03 bits per heavy atom. The number of hydrogen-bond donors (Lipinski definition) is 1. The molecule has 1 N–H and O–H groups in total. The Morgan fingerprint density at radius 2 is 1.81 bits per heavy atom.